The van der Waals surface area contributed by atoms with Crippen LogP contribution in [0, 0.1) is 0 Å². The number of amides is 2. The zero-order valence-corrected chi connectivity index (χ0v) is 15.2. The van der Waals surface area contributed by atoms with Crippen molar-refractivity contribution < 1.29 is 9.59 Å². The van der Waals surface area contributed by atoms with Crippen molar-refractivity contribution in [1.29, 1.82) is 0 Å². The van der Waals surface area contributed by atoms with Gasteiger partial charge in [0, 0.05) is 23.5 Å². The van der Waals surface area contributed by atoms with Crippen molar-refractivity contribution in [1.82, 2.24) is 10.3 Å². The van der Waals surface area contributed by atoms with Crippen molar-refractivity contribution in [2.75, 3.05) is 5.32 Å². The van der Waals surface area contributed by atoms with E-state index in [-0.39, 0.29) is 29.5 Å². The Hall–Kier alpha value is -2.69. The molecule has 0 saturated heterocycles. The van der Waals surface area contributed by atoms with Crippen molar-refractivity contribution in [2.24, 2.45) is 0 Å². The van der Waals surface area contributed by atoms with Gasteiger partial charge in [-0.15, -0.1) is 0 Å². The summed E-state index contributed by atoms with van der Waals surface area (Å²) in [6.45, 7) is 8.09. The van der Waals surface area contributed by atoms with Crippen LogP contribution in [0.1, 0.15) is 66.4 Å². The smallest absolute Gasteiger partial charge is 0.274 e. The molecule has 0 aliphatic carbocycles. The van der Waals surface area contributed by atoms with Gasteiger partial charge < -0.3 is 10.6 Å². The second-order valence-electron chi connectivity index (χ2n) is 6.41. The number of carbonyl (C=O) groups is 2. The number of hydrogen-bond acceptors (Lipinski definition) is 3. The molecule has 0 radical (unpaired) electrons. The first kappa shape index (κ1) is 18.6. The Morgan fingerprint density at radius 1 is 1.08 bits per heavy atom. The van der Waals surface area contributed by atoms with E-state index in [0.717, 1.165) is 17.7 Å². The van der Waals surface area contributed by atoms with E-state index in [4.69, 9.17) is 0 Å². The second kappa shape index (κ2) is 8.42. The SMILES string of the molecule is CCC(C)NC(=O)c1ccnc(C(=O)Nc2ccccc2C(C)C)c1. The largest absolute Gasteiger partial charge is 0.350 e. The first-order valence-electron chi connectivity index (χ1n) is 8.59. The average Bonchev–Trinajstić information content (AvgIpc) is 2.61. The van der Waals surface area contributed by atoms with Crippen LogP contribution in [0.4, 0.5) is 5.69 Å². The van der Waals surface area contributed by atoms with Gasteiger partial charge >= 0.3 is 0 Å². The van der Waals surface area contributed by atoms with E-state index < -0.39 is 0 Å². The van der Waals surface area contributed by atoms with Gasteiger partial charge in [0.1, 0.15) is 5.69 Å². The third kappa shape index (κ3) is 4.89. The molecule has 5 nitrogen and oxygen atoms in total. The lowest BCUT2D eigenvalue weighted by molar-refractivity contribution is 0.0939. The van der Waals surface area contributed by atoms with Crippen LogP contribution >= 0.6 is 0 Å². The number of rotatable bonds is 6. The Balaban J connectivity index is 2.18. The molecule has 1 unspecified atom stereocenters. The number of nitrogens with zero attached hydrogens (tertiary/aromatic N) is 1. The molecule has 0 fully saturated rings. The molecule has 2 N–H and O–H groups in total. The molecule has 1 aromatic carbocycles. The maximum atomic E-state index is 12.5. The van der Waals surface area contributed by atoms with Gasteiger partial charge in [0.15, 0.2) is 0 Å². The summed E-state index contributed by atoms with van der Waals surface area (Å²) in [5, 5.41) is 5.78. The molecular formula is C20H25N3O2. The summed E-state index contributed by atoms with van der Waals surface area (Å²) < 4.78 is 0. The van der Waals surface area contributed by atoms with Gasteiger partial charge in [-0.1, -0.05) is 39.0 Å². The van der Waals surface area contributed by atoms with E-state index in [1.165, 1.54) is 12.3 Å². The van der Waals surface area contributed by atoms with E-state index in [2.05, 4.69) is 29.5 Å². The molecule has 132 valence electrons. The van der Waals surface area contributed by atoms with Crippen molar-refractivity contribution in [3.8, 4) is 0 Å². The zero-order valence-electron chi connectivity index (χ0n) is 15.2. The normalized spacial score (nSPS) is 11.9. The predicted molar refractivity (Wildman–Crippen MR) is 99.9 cm³/mol. The molecule has 1 aromatic heterocycles. The molecule has 5 heteroatoms. The fourth-order valence-electron chi connectivity index (χ4n) is 2.41. The van der Waals surface area contributed by atoms with E-state index in [1.54, 1.807) is 6.07 Å². The lowest BCUT2D eigenvalue weighted by atomic mass is 10.0. The Morgan fingerprint density at radius 2 is 1.80 bits per heavy atom. The Morgan fingerprint density at radius 3 is 2.48 bits per heavy atom. The van der Waals surface area contributed by atoms with Gasteiger partial charge in [-0.3, -0.25) is 14.6 Å². The summed E-state index contributed by atoms with van der Waals surface area (Å²) in [7, 11) is 0. The Kier molecular flexibility index (Phi) is 6.28. The van der Waals surface area contributed by atoms with Crippen LogP contribution in [0.25, 0.3) is 0 Å². The minimum atomic E-state index is -0.328. The number of para-hydroxylation sites is 1. The first-order valence-corrected chi connectivity index (χ1v) is 8.59. The third-order valence-electron chi connectivity index (χ3n) is 4.08. The molecule has 0 bridgehead atoms. The molecule has 1 atom stereocenters. The van der Waals surface area contributed by atoms with Gasteiger partial charge in [-0.25, -0.2) is 0 Å². The van der Waals surface area contributed by atoms with Crippen LogP contribution < -0.4 is 10.6 Å². The number of pyridine rings is 1. The number of aromatic nitrogens is 1. The van der Waals surface area contributed by atoms with Gasteiger partial charge in [-0.2, -0.15) is 0 Å². The number of nitrogens with one attached hydrogen (secondary N) is 2. The van der Waals surface area contributed by atoms with Gasteiger partial charge in [-0.05, 0) is 43.0 Å². The fourth-order valence-corrected chi connectivity index (χ4v) is 2.41. The van der Waals surface area contributed by atoms with Gasteiger partial charge in [0.05, 0.1) is 0 Å². The van der Waals surface area contributed by atoms with Crippen molar-refractivity contribution in [2.45, 2.75) is 46.1 Å². The third-order valence-corrected chi connectivity index (χ3v) is 4.08. The van der Waals surface area contributed by atoms with Crippen molar-refractivity contribution >= 4 is 17.5 Å². The van der Waals surface area contributed by atoms with Crippen LogP contribution in [0.3, 0.4) is 0 Å². The zero-order chi connectivity index (χ0) is 18.4. The topological polar surface area (TPSA) is 71.1 Å². The average molecular weight is 339 g/mol. The molecule has 25 heavy (non-hydrogen) atoms. The predicted octanol–water partition coefficient (Wildman–Crippen LogP) is 3.99. The number of anilines is 1. The molecule has 2 rings (SSSR count). The molecule has 0 aliphatic rings. The lowest BCUT2D eigenvalue weighted by Crippen LogP contribution is -2.32. The van der Waals surface area contributed by atoms with Crippen LogP contribution in [0.5, 0.6) is 0 Å². The highest BCUT2D eigenvalue weighted by molar-refractivity contribution is 6.05. The molecule has 2 amide bonds. The Bertz CT molecular complexity index is 756. The quantitative estimate of drug-likeness (QED) is 0.836. The summed E-state index contributed by atoms with van der Waals surface area (Å²) >= 11 is 0. The minimum absolute atomic E-state index is 0.0795. The summed E-state index contributed by atoms with van der Waals surface area (Å²) in [5.74, 6) is -0.239. The maximum Gasteiger partial charge on any atom is 0.274 e. The van der Waals surface area contributed by atoms with E-state index in [1.807, 2.05) is 38.1 Å². The van der Waals surface area contributed by atoms with Crippen LogP contribution in [0.15, 0.2) is 42.6 Å². The first-order chi connectivity index (χ1) is 11.9. The minimum Gasteiger partial charge on any atom is -0.350 e. The standard InChI is InChI=1S/C20H25N3O2/c1-5-14(4)22-19(24)15-10-11-21-18(12-15)20(25)23-17-9-7-6-8-16(17)13(2)3/h6-14H,5H2,1-4H3,(H,22,24)(H,23,25). The molecule has 0 aliphatic heterocycles. The van der Waals surface area contributed by atoms with Gasteiger partial charge in [0.25, 0.3) is 11.8 Å². The van der Waals surface area contributed by atoms with Crippen molar-refractivity contribution in [3.63, 3.8) is 0 Å². The van der Waals surface area contributed by atoms with Gasteiger partial charge in [0.2, 0.25) is 0 Å². The molecule has 2 aromatic rings. The molecule has 0 saturated carbocycles. The van der Waals surface area contributed by atoms with Crippen LogP contribution in [-0.2, 0) is 0 Å². The summed E-state index contributed by atoms with van der Waals surface area (Å²) in [6.07, 6.45) is 2.32. The highest BCUT2D eigenvalue weighted by Gasteiger charge is 2.15. The maximum absolute atomic E-state index is 12.5. The molecular weight excluding hydrogens is 314 g/mol. The Labute approximate surface area is 148 Å². The summed E-state index contributed by atoms with van der Waals surface area (Å²) in [4.78, 5) is 28.9. The summed E-state index contributed by atoms with van der Waals surface area (Å²) in [5.41, 5.74) is 2.47. The fraction of sp³-hybridized carbons (Fsp3) is 0.350. The monoisotopic (exact) mass is 339 g/mol. The highest BCUT2D eigenvalue weighted by atomic mass is 16.2. The lowest BCUT2D eigenvalue weighted by Gasteiger charge is -2.14. The van der Waals surface area contributed by atoms with Crippen LogP contribution in [-0.4, -0.2) is 22.8 Å². The number of benzene rings is 1. The molecule has 0 spiro atoms. The summed E-state index contributed by atoms with van der Waals surface area (Å²) in [6, 6.07) is 10.9. The van der Waals surface area contributed by atoms with E-state index in [9.17, 15) is 9.59 Å². The number of carbonyl (C=O) groups excluding carboxylic acids is 2. The van der Waals surface area contributed by atoms with E-state index in [0.29, 0.717) is 5.56 Å². The highest BCUT2D eigenvalue weighted by Crippen LogP contribution is 2.24. The van der Waals surface area contributed by atoms with E-state index >= 15 is 0 Å². The van der Waals surface area contributed by atoms with Crippen molar-refractivity contribution in [3.05, 3.63) is 59.4 Å². The molecule has 1 heterocycles. The number of hydrogen-bond donors (Lipinski definition) is 2. The van der Waals surface area contributed by atoms with Crippen LogP contribution in [0.2, 0.25) is 0 Å². The second-order valence-corrected chi connectivity index (χ2v) is 6.41.